The highest BCUT2D eigenvalue weighted by Gasteiger charge is 2.19. The number of nitrogens with one attached hydrogen (secondary N) is 1. The predicted molar refractivity (Wildman–Crippen MR) is 88.3 cm³/mol. The van der Waals surface area contributed by atoms with Crippen LogP contribution in [0.3, 0.4) is 0 Å². The molecule has 0 saturated carbocycles. The van der Waals surface area contributed by atoms with E-state index < -0.39 is 10.0 Å². The molecule has 21 heavy (non-hydrogen) atoms. The van der Waals surface area contributed by atoms with Gasteiger partial charge in [0.15, 0.2) is 0 Å². The molecule has 5 nitrogen and oxygen atoms in total. The van der Waals surface area contributed by atoms with E-state index in [-0.39, 0.29) is 10.6 Å². The molecule has 0 spiro atoms. The van der Waals surface area contributed by atoms with Crippen molar-refractivity contribution < 1.29 is 13.2 Å². The van der Waals surface area contributed by atoms with Gasteiger partial charge in [0.05, 0.1) is 10.9 Å². The lowest BCUT2D eigenvalue weighted by Gasteiger charge is -2.11. The van der Waals surface area contributed by atoms with Gasteiger partial charge in [0.2, 0.25) is 10.0 Å². The van der Waals surface area contributed by atoms with E-state index in [2.05, 4.69) is 20.7 Å². The van der Waals surface area contributed by atoms with E-state index in [4.69, 9.17) is 10.5 Å². The minimum absolute atomic E-state index is 0.0894. The summed E-state index contributed by atoms with van der Waals surface area (Å²) in [7, 11) is -2.21. The number of benzene rings is 1. The van der Waals surface area contributed by atoms with Crippen LogP contribution in [0.1, 0.15) is 4.88 Å². The van der Waals surface area contributed by atoms with Gasteiger partial charge in [0.1, 0.15) is 10.6 Å². The van der Waals surface area contributed by atoms with Gasteiger partial charge in [0, 0.05) is 23.2 Å². The number of thiophene rings is 1. The Bertz CT molecular complexity index is 729. The van der Waals surface area contributed by atoms with Crippen molar-refractivity contribution in [2.45, 2.75) is 11.3 Å². The molecule has 1 aromatic carbocycles. The van der Waals surface area contributed by atoms with Gasteiger partial charge in [-0.25, -0.2) is 13.1 Å². The van der Waals surface area contributed by atoms with Crippen molar-refractivity contribution >= 4 is 43.0 Å². The van der Waals surface area contributed by atoms with Crippen LogP contribution in [-0.4, -0.2) is 22.1 Å². The Hall–Kier alpha value is -1.09. The number of sulfonamides is 1. The monoisotopic (exact) mass is 390 g/mol. The Balaban J connectivity index is 2.08. The van der Waals surface area contributed by atoms with Crippen molar-refractivity contribution in [3.63, 3.8) is 0 Å². The molecule has 0 bridgehead atoms. The molecule has 0 unspecified atom stereocenters. The van der Waals surface area contributed by atoms with E-state index in [9.17, 15) is 8.42 Å². The standard InChI is InChI=1S/C13H15BrN2O3S2/c1-19-11-8-9(15)2-4-12(11)21(17,18)16-7-6-10-3-5-13(14)20-10/h2-5,8,16H,6-7,15H2,1H3. The Morgan fingerprint density at radius 1 is 1.33 bits per heavy atom. The van der Waals surface area contributed by atoms with Crippen LogP contribution in [-0.2, 0) is 16.4 Å². The molecular weight excluding hydrogens is 376 g/mol. The summed E-state index contributed by atoms with van der Waals surface area (Å²) in [5.74, 6) is 0.237. The normalized spacial score (nSPS) is 11.5. The van der Waals surface area contributed by atoms with Crippen LogP contribution < -0.4 is 15.2 Å². The molecule has 0 aliphatic rings. The third-order valence-electron chi connectivity index (χ3n) is 2.77. The molecule has 1 heterocycles. The maximum absolute atomic E-state index is 12.3. The zero-order chi connectivity index (χ0) is 15.5. The first-order valence-electron chi connectivity index (χ1n) is 6.10. The SMILES string of the molecule is COc1cc(N)ccc1S(=O)(=O)NCCc1ccc(Br)s1. The molecule has 2 aromatic rings. The maximum atomic E-state index is 12.3. The minimum Gasteiger partial charge on any atom is -0.495 e. The topological polar surface area (TPSA) is 81.4 Å². The summed E-state index contributed by atoms with van der Waals surface area (Å²) in [5.41, 5.74) is 6.08. The van der Waals surface area contributed by atoms with Gasteiger partial charge in [-0.15, -0.1) is 11.3 Å². The summed E-state index contributed by atoms with van der Waals surface area (Å²) in [6.45, 7) is 0.322. The molecule has 0 amide bonds. The second-order valence-electron chi connectivity index (χ2n) is 4.26. The van der Waals surface area contributed by atoms with E-state index in [0.29, 0.717) is 18.7 Å². The first-order valence-corrected chi connectivity index (χ1v) is 9.19. The first kappa shape index (κ1) is 16.3. The Kier molecular flexibility index (Phi) is 5.26. The van der Waals surface area contributed by atoms with E-state index in [0.717, 1.165) is 8.66 Å². The van der Waals surface area contributed by atoms with Crippen molar-refractivity contribution in [1.29, 1.82) is 0 Å². The fourth-order valence-electron chi connectivity index (χ4n) is 1.78. The van der Waals surface area contributed by atoms with Crippen LogP contribution >= 0.6 is 27.3 Å². The maximum Gasteiger partial charge on any atom is 0.244 e. The second-order valence-corrected chi connectivity index (χ2v) is 8.55. The van der Waals surface area contributed by atoms with Crippen molar-refractivity contribution in [2.75, 3.05) is 19.4 Å². The van der Waals surface area contributed by atoms with E-state index >= 15 is 0 Å². The fraction of sp³-hybridized carbons (Fsp3) is 0.231. The molecule has 0 atom stereocenters. The zero-order valence-corrected chi connectivity index (χ0v) is 14.5. The average molecular weight is 391 g/mol. The van der Waals surface area contributed by atoms with Crippen LogP contribution in [0.2, 0.25) is 0 Å². The lowest BCUT2D eigenvalue weighted by molar-refractivity contribution is 0.402. The second kappa shape index (κ2) is 6.78. The van der Waals surface area contributed by atoms with E-state index in [1.165, 1.54) is 25.3 Å². The van der Waals surface area contributed by atoms with Gasteiger partial charge < -0.3 is 10.5 Å². The number of anilines is 1. The van der Waals surface area contributed by atoms with Gasteiger partial charge in [-0.3, -0.25) is 0 Å². The molecule has 0 aliphatic carbocycles. The molecule has 114 valence electrons. The predicted octanol–water partition coefficient (Wildman–Crippen LogP) is 2.62. The molecule has 0 radical (unpaired) electrons. The van der Waals surface area contributed by atoms with Crippen LogP contribution in [0.25, 0.3) is 0 Å². The van der Waals surface area contributed by atoms with Crippen LogP contribution in [0.4, 0.5) is 5.69 Å². The molecule has 3 N–H and O–H groups in total. The van der Waals surface area contributed by atoms with Gasteiger partial charge in [-0.1, -0.05) is 0 Å². The van der Waals surface area contributed by atoms with Crippen molar-refractivity contribution in [1.82, 2.24) is 4.72 Å². The third kappa shape index (κ3) is 4.19. The molecular formula is C13H15BrN2O3S2. The molecule has 0 aliphatic heterocycles. The summed E-state index contributed by atoms with van der Waals surface area (Å²) < 4.78 is 33.2. The quantitative estimate of drug-likeness (QED) is 0.742. The summed E-state index contributed by atoms with van der Waals surface area (Å²) in [4.78, 5) is 1.19. The number of hydrogen-bond acceptors (Lipinski definition) is 5. The molecule has 8 heteroatoms. The first-order chi connectivity index (χ1) is 9.92. The van der Waals surface area contributed by atoms with E-state index in [1.807, 2.05) is 12.1 Å². The number of rotatable bonds is 6. The van der Waals surface area contributed by atoms with Crippen molar-refractivity contribution in [3.8, 4) is 5.75 Å². The largest absolute Gasteiger partial charge is 0.495 e. The summed E-state index contributed by atoms with van der Waals surface area (Å²) in [5, 5.41) is 0. The Morgan fingerprint density at radius 2 is 2.10 bits per heavy atom. The van der Waals surface area contributed by atoms with Gasteiger partial charge in [-0.2, -0.15) is 0 Å². The highest BCUT2D eigenvalue weighted by Crippen LogP contribution is 2.26. The number of hydrogen-bond donors (Lipinski definition) is 2. The molecule has 1 aromatic heterocycles. The average Bonchev–Trinajstić information content (AvgIpc) is 2.83. The summed E-state index contributed by atoms with van der Waals surface area (Å²) in [6, 6.07) is 8.38. The number of halogens is 1. The molecule has 0 saturated heterocycles. The lowest BCUT2D eigenvalue weighted by atomic mass is 10.3. The van der Waals surface area contributed by atoms with Crippen LogP contribution in [0, 0.1) is 0 Å². The van der Waals surface area contributed by atoms with Crippen LogP contribution in [0.5, 0.6) is 5.75 Å². The van der Waals surface area contributed by atoms with Gasteiger partial charge in [-0.05, 0) is 46.6 Å². The number of ether oxygens (including phenoxy) is 1. The van der Waals surface area contributed by atoms with Crippen molar-refractivity contribution in [2.24, 2.45) is 0 Å². The lowest BCUT2D eigenvalue weighted by Crippen LogP contribution is -2.26. The summed E-state index contributed by atoms with van der Waals surface area (Å²) in [6.07, 6.45) is 0.632. The fourth-order valence-corrected chi connectivity index (χ4v) is 4.44. The number of nitrogen functional groups attached to an aromatic ring is 1. The molecule has 0 fully saturated rings. The zero-order valence-electron chi connectivity index (χ0n) is 11.3. The van der Waals surface area contributed by atoms with Crippen LogP contribution in [0.15, 0.2) is 39.0 Å². The number of nitrogens with two attached hydrogens (primary N) is 1. The Morgan fingerprint density at radius 3 is 2.71 bits per heavy atom. The van der Waals surface area contributed by atoms with Crippen molar-refractivity contribution in [3.05, 3.63) is 39.0 Å². The third-order valence-corrected chi connectivity index (χ3v) is 5.95. The minimum atomic E-state index is -3.62. The highest BCUT2D eigenvalue weighted by atomic mass is 79.9. The smallest absolute Gasteiger partial charge is 0.244 e. The Labute approximate surface area is 136 Å². The van der Waals surface area contributed by atoms with Gasteiger partial charge >= 0.3 is 0 Å². The highest BCUT2D eigenvalue weighted by molar-refractivity contribution is 9.11. The number of methoxy groups -OCH3 is 1. The molecule has 2 rings (SSSR count). The van der Waals surface area contributed by atoms with E-state index in [1.54, 1.807) is 11.3 Å². The van der Waals surface area contributed by atoms with Gasteiger partial charge in [0.25, 0.3) is 0 Å². The summed E-state index contributed by atoms with van der Waals surface area (Å²) >= 11 is 4.96.